The zero-order chi connectivity index (χ0) is 19.5. The van der Waals surface area contributed by atoms with Gasteiger partial charge in [0.2, 0.25) is 0 Å². The first-order chi connectivity index (χ1) is 13.6. The predicted molar refractivity (Wildman–Crippen MR) is 106 cm³/mol. The molecule has 2 fully saturated rings. The Hall–Kier alpha value is -2.41. The maximum absolute atomic E-state index is 12.8. The number of nitrogens with one attached hydrogen (secondary N) is 1. The highest BCUT2D eigenvalue weighted by Gasteiger charge is 2.32. The van der Waals surface area contributed by atoms with Crippen LogP contribution < -0.4 is 5.32 Å². The number of rotatable bonds is 4. The van der Waals surface area contributed by atoms with Crippen LogP contribution in [-0.2, 0) is 11.2 Å². The van der Waals surface area contributed by atoms with Crippen LogP contribution in [0.1, 0.15) is 37.6 Å². The van der Waals surface area contributed by atoms with Crippen molar-refractivity contribution in [2.24, 2.45) is 11.8 Å². The Morgan fingerprint density at radius 2 is 2.07 bits per heavy atom. The van der Waals surface area contributed by atoms with E-state index in [-0.39, 0.29) is 6.03 Å². The first kappa shape index (κ1) is 18.9. The second kappa shape index (κ2) is 8.31. The van der Waals surface area contributed by atoms with Gasteiger partial charge < -0.3 is 19.5 Å². The van der Waals surface area contributed by atoms with Gasteiger partial charge in [0, 0.05) is 44.0 Å². The molecule has 7 nitrogen and oxygen atoms in total. The van der Waals surface area contributed by atoms with E-state index in [9.17, 15) is 4.79 Å². The van der Waals surface area contributed by atoms with Gasteiger partial charge in [-0.15, -0.1) is 0 Å². The lowest BCUT2D eigenvalue weighted by Gasteiger charge is -2.27. The number of ether oxygens (including phenoxy) is 1. The lowest BCUT2D eigenvalue weighted by atomic mass is 9.85. The zero-order valence-corrected chi connectivity index (χ0v) is 16.6. The van der Waals surface area contributed by atoms with E-state index in [1.807, 2.05) is 36.9 Å². The molecule has 0 radical (unpaired) electrons. The number of nitrogens with zero attached hydrogens (tertiary/aromatic N) is 3. The molecule has 2 amide bonds. The van der Waals surface area contributed by atoms with Crippen LogP contribution in [0.3, 0.4) is 0 Å². The highest BCUT2D eigenvalue weighted by atomic mass is 16.5. The summed E-state index contributed by atoms with van der Waals surface area (Å²) in [5.74, 6) is 2.43. The first-order valence-electron chi connectivity index (χ1n) is 10.2. The second-order valence-corrected chi connectivity index (χ2v) is 7.77. The van der Waals surface area contributed by atoms with Gasteiger partial charge in [0.05, 0.1) is 0 Å². The van der Waals surface area contributed by atoms with Crippen LogP contribution in [0.25, 0.3) is 11.5 Å². The van der Waals surface area contributed by atoms with Crippen LogP contribution >= 0.6 is 0 Å². The fourth-order valence-corrected chi connectivity index (χ4v) is 4.14. The van der Waals surface area contributed by atoms with Crippen LogP contribution in [0.2, 0.25) is 0 Å². The summed E-state index contributed by atoms with van der Waals surface area (Å²) in [6.07, 6.45) is 4.04. The Morgan fingerprint density at radius 1 is 1.25 bits per heavy atom. The predicted octanol–water partition coefficient (Wildman–Crippen LogP) is 3.89. The molecule has 2 aromatic rings. The number of urea groups is 1. The molecule has 4 rings (SSSR count). The number of benzene rings is 1. The number of likely N-dealkylation sites (tertiary alicyclic amines) is 1. The van der Waals surface area contributed by atoms with Gasteiger partial charge in [-0.05, 0) is 55.7 Å². The Balaban J connectivity index is 1.42. The smallest absolute Gasteiger partial charge is 0.321 e. The molecule has 1 unspecified atom stereocenters. The van der Waals surface area contributed by atoms with E-state index in [0.29, 0.717) is 23.6 Å². The van der Waals surface area contributed by atoms with Crippen molar-refractivity contribution in [3.05, 3.63) is 29.6 Å². The average Bonchev–Trinajstić information content (AvgIpc) is 3.40. The molecule has 0 aliphatic carbocycles. The van der Waals surface area contributed by atoms with Crippen molar-refractivity contribution in [2.75, 3.05) is 31.6 Å². The molecule has 150 valence electrons. The maximum atomic E-state index is 12.8. The van der Waals surface area contributed by atoms with E-state index >= 15 is 0 Å². The van der Waals surface area contributed by atoms with Crippen molar-refractivity contribution in [1.29, 1.82) is 0 Å². The Labute approximate surface area is 165 Å². The van der Waals surface area contributed by atoms with Crippen molar-refractivity contribution in [2.45, 2.75) is 39.5 Å². The summed E-state index contributed by atoms with van der Waals surface area (Å²) in [4.78, 5) is 19.1. The van der Waals surface area contributed by atoms with Crippen LogP contribution in [0, 0.1) is 18.8 Å². The number of aryl methyl sites for hydroxylation is 2. The minimum absolute atomic E-state index is 0.0328. The van der Waals surface area contributed by atoms with E-state index in [2.05, 4.69) is 15.5 Å². The second-order valence-electron chi connectivity index (χ2n) is 7.77. The molecule has 1 aromatic carbocycles. The van der Waals surface area contributed by atoms with E-state index in [1.54, 1.807) is 0 Å². The van der Waals surface area contributed by atoms with Crippen molar-refractivity contribution in [1.82, 2.24) is 15.0 Å². The minimum Gasteiger partial charge on any atom is -0.381 e. The SMILES string of the molecule is CCc1noc(-c2ccc(C)c(NC(=O)N3CCC(C4CCOCC4)C3)c2)n1. The molecule has 1 atom stereocenters. The fourth-order valence-electron chi connectivity index (χ4n) is 4.14. The third-order valence-electron chi connectivity index (χ3n) is 5.95. The van der Waals surface area contributed by atoms with Crippen molar-refractivity contribution in [3.8, 4) is 11.5 Å². The van der Waals surface area contributed by atoms with Crippen LogP contribution in [0.15, 0.2) is 22.7 Å². The number of carbonyl (C=O) groups excluding carboxylic acids is 1. The zero-order valence-electron chi connectivity index (χ0n) is 16.6. The standard InChI is InChI=1S/C21H28N4O3/c1-3-19-23-20(28-24-19)16-5-4-14(2)18(12-16)22-21(26)25-9-6-17(13-25)15-7-10-27-11-8-15/h4-5,12,15,17H,3,6-11,13H2,1-2H3,(H,22,26). The van der Waals surface area contributed by atoms with Gasteiger partial charge >= 0.3 is 6.03 Å². The summed E-state index contributed by atoms with van der Waals surface area (Å²) in [5.41, 5.74) is 2.61. The summed E-state index contributed by atoms with van der Waals surface area (Å²) >= 11 is 0. The number of amides is 2. The quantitative estimate of drug-likeness (QED) is 0.865. The number of anilines is 1. The van der Waals surface area contributed by atoms with E-state index < -0.39 is 0 Å². The number of hydrogen-bond acceptors (Lipinski definition) is 5. The summed E-state index contributed by atoms with van der Waals surface area (Å²) < 4.78 is 10.8. The van der Waals surface area contributed by atoms with Crippen molar-refractivity contribution in [3.63, 3.8) is 0 Å². The summed E-state index contributed by atoms with van der Waals surface area (Å²) in [6.45, 7) is 7.33. The van der Waals surface area contributed by atoms with E-state index in [1.165, 1.54) is 0 Å². The highest BCUT2D eigenvalue weighted by Crippen LogP contribution is 2.32. The molecule has 28 heavy (non-hydrogen) atoms. The number of aromatic nitrogens is 2. The highest BCUT2D eigenvalue weighted by molar-refractivity contribution is 5.91. The molecular formula is C21H28N4O3. The van der Waals surface area contributed by atoms with Gasteiger partial charge in [-0.3, -0.25) is 0 Å². The summed E-state index contributed by atoms with van der Waals surface area (Å²) in [6, 6.07) is 5.78. The monoisotopic (exact) mass is 384 g/mol. The summed E-state index contributed by atoms with van der Waals surface area (Å²) in [5, 5.41) is 7.03. The van der Waals surface area contributed by atoms with Crippen LogP contribution in [-0.4, -0.2) is 47.4 Å². The van der Waals surface area contributed by atoms with Gasteiger partial charge in [0.1, 0.15) is 0 Å². The minimum atomic E-state index is -0.0328. The molecule has 0 spiro atoms. The normalized spacial score (nSPS) is 20.5. The van der Waals surface area contributed by atoms with Crippen molar-refractivity contribution < 1.29 is 14.1 Å². The van der Waals surface area contributed by atoms with Gasteiger partial charge in [0.15, 0.2) is 5.82 Å². The Bertz CT molecular complexity index is 829. The lowest BCUT2D eigenvalue weighted by Crippen LogP contribution is -2.34. The molecule has 0 bridgehead atoms. The lowest BCUT2D eigenvalue weighted by molar-refractivity contribution is 0.0485. The topological polar surface area (TPSA) is 80.5 Å². The number of carbonyl (C=O) groups is 1. The van der Waals surface area contributed by atoms with Crippen LogP contribution in [0.5, 0.6) is 0 Å². The molecule has 7 heteroatoms. The summed E-state index contributed by atoms with van der Waals surface area (Å²) in [7, 11) is 0. The van der Waals surface area contributed by atoms with Gasteiger partial charge in [-0.1, -0.05) is 18.1 Å². The fraction of sp³-hybridized carbons (Fsp3) is 0.571. The number of hydrogen-bond donors (Lipinski definition) is 1. The third kappa shape index (κ3) is 4.04. The van der Waals surface area contributed by atoms with Gasteiger partial charge in [-0.25, -0.2) is 4.79 Å². The Kier molecular flexibility index (Phi) is 5.62. The van der Waals surface area contributed by atoms with Gasteiger partial charge in [0.25, 0.3) is 5.89 Å². The first-order valence-corrected chi connectivity index (χ1v) is 10.2. The Morgan fingerprint density at radius 3 is 2.82 bits per heavy atom. The molecule has 1 aromatic heterocycles. The van der Waals surface area contributed by atoms with E-state index in [4.69, 9.17) is 9.26 Å². The average molecular weight is 384 g/mol. The molecule has 1 N–H and O–H groups in total. The molecule has 2 saturated heterocycles. The van der Waals surface area contributed by atoms with Gasteiger partial charge in [-0.2, -0.15) is 4.98 Å². The third-order valence-corrected chi connectivity index (χ3v) is 5.95. The van der Waals surface area contributed by atoms with Crippen LogP contribution in [0.4, 0.5) is 10.5 Å². The molecule has 2 aliphatic heterocycles. The maximum Gasteiger partial charge on any atom is 0.321 e. The molecule has 3 heterocycles. The van der Waals surface area contributed by atoms with Crippen molar-refractivity contribution >= 4 is 11.7 Å². The molecule has 0 saturated carbocycles. The van der Waals surface area contributed by atoms with E-state index in [0.717, 1.165) is 68.8 Å². The largest absolute Gasteiger partial charge is 0.381 e. The molecular weight excluding hydrogens is 356 g/mol. The molecule has 2 aliphatic rings.